The second-order valence-electron chi connectivity index (χ2n) is 3.77. The predicted molar refractivity (Wildman–Crippen MR) is 68.4 cm³/mol. The van der Waals surface area contributed by atoms with Crippen LogP contribution in [-0.2, 0) is 10.0 Å². The van der Waals surface area contributed by atoms with Crippen LogP contribution in [0.4, 0.5) is 0 Å². The Morgan fingerprint density at radius 2 is 1.75 bits per heavy atom. The van der Waals surface area contributed by atoms with Crippen molar-refractivity contribution < 1.29 is 8.42 Å². The highest BCUT2D eigenvalue weighted by atomic mass is 32.2. The third-order valence-corrected chi connectivity index (χ3v) is 5.62. The second-order valence-corrected chi connectivity index (χ2v) is 7.22. The highest BCUT2D eigenvalue weighted by Crippen LogP contribution is 2.24. The molecule has 92 valence electrons. The summed E-state index contributed by atoms with van der Waals surface area (Å²) in [7, 11) is -3.25. The molecule has 1 rings (SSSR count). The normalized spacial score (nSPS) is 12.2. The zero-order chi connectivity index (χ0) is 12.2. The molecular weight excluding hydrogens is 242 g/mol. The van der Waals surface area contributed by atoms with Gasteiger partial charge in [-0.25, -0.2) is 8.42 Å². The van der Waals surface area contributed by atoms with Crippen LogP contribution in [0.2, 0.25) is 0 Å². The van der Waals surface area contributed by atoms with Crippen LogP contribution in [0.1, 0.15) is 31.6 Å². The van der Waals surface area contributed by atoms with E-state index >= 15 is 0 Å². The Hall–Kier alpha value is -0.390. The van der Waals surface area contributed by atoms with Gasteiger partial charge in [0.25, 0.3) is 10.0 Å². The second kappa shape index (κ2) is 5.80. The molecule has 0 aromatic carbocycles. The van der Waals surface area contributed by atoms with E-state index in [1.165, 1.54) is 11.3 Å². The summed E-state index contributed by atoms with van der Waals surface area (Å²) in [6.07, 6.45) is 1.70. The first-order valence-corrected chi connectivity index (χ1v) is 7.84. The molecule has 0 unspecified atom stereocenters. The van der Waals surface area contributed by atoms with Gasteiger partial charge >= 0.3 is 0 Å². The molecule has 16 heavy (non-hydrogen) atoms. The van der Waals surface area contributed by atoms with E-state index in [-0.39, 0.29) is 0 Å². The Labute approximate surface area is 102 Å². The van der Waals surface area contributed by atoms with E-state index in [1.54, 1.807) is 10.4 Å². The molecule has 1 aromatic rings. The summed E-state index contributed by atoms with van der Waals surface area (Å²) in [5.74, 6) is 0. The summed E-state index contributed by atoms with van der Waals surface area (Å²) >= 11 is 1.35. The molecular formula is C11H19NO2S2. The Balaban J connectivity index is 2.97. The van der Waals surface area contributed by atoms with Crippen LogP contribution in [0.25, 0.3) is 0 Å². The Bertz CT molecular complexity index is 417. The van der Waals surface area contributed by atoms with Crippen LogP contribution in [0.15, 0.2) is 16.3 Å². The fourth-order valence-electron chi connectivity index (χ4n) is 1.53. The minimum Gasteiger partial charge on any atom is -0.206 e. The third kappa shape index (κ3) is 3.06. The van der Waals surface area contributed by atoms with Crippen molar-refractivity contribution in [1.82, 2.24) is 4.31 Å². The lowest BCUT2D eigenvalue weighted by molar-refractivity contribution is 0.411. The molecule has 3 nitrogen and oxygen atoms in total. The number of hydrogen-bond donors (Lipinski definition) is 0. The van der Waals surface area contributed by atoms with Crippen molar-refractivity contribution in [2.24, 2.45) is 0 Å². The molecule has 1 aromatic heterocycles. The number of rotatable bonds is 6. The average molecular weight is 261 g/mol. The first kappa shape index (κ1) is 13.7. The summed E-state index contributed by atoms with van der Waals surface area (Å²) in [6, 6.07) is 3.56. The van der Waals surface area contributed by atoms with Crippen molar-refractivity contribution in [2.75, 3.05) is 13.1 Å². The Morgan fingerprint density at radius 3 is 2.12 bits per heavy atom. The van der Waals surface area contributed by atoms with Crippen LogP contribution < -0.4 is 0 Å². The van der Waals surface area contributed by atoms with Gasteiger partial charge in [-0.15, -0.1) is 11.3 Å². The van der Waals surface area contributed by atoms with Gasteiger partial charge in [0.15, 0.2) is 0 Å². The van der Waals surface area contributed by atoms with Gasteiger partial charge in [0.05, 0.1) is 0 Å². The maximum atomic E-state index is 12.3. The van der Waals surface area contributed by atoms with Crippen LogP contribution in [0, 0.1) is 6.92 Å². The van der Waals surface area contributed by atoms with Crippen molar-refractivity contribution in [3.8, 4) is 0 Å². The molecule has 0 amide bonds. The molecule has 0 spiro atoms. The maximum Gasteiger partial charge on any atom is 0.252 e. The topological polar surface area (TPSA) is 37.4 Å². The van der Waals surface area contributed by atoms with Gasteiger partial charge in [-0.3, -0.25) is 0 Å². The molecule has 0 aliphatic heterocycles. The smallest absolute Gasteiger partial charge is 0.206 e. The van der Waals surface area contributed by atoms with E-state index in [0.29, 0.717) is 17.3 Å². The Kier molecular flexibility index (Phi) is 4.95. The first-order chi connectivity index (χ1) is 7.52. The lowest BCUT2D eigenvalue weighted by atomic mass is 10.4. The largest absolute Gasteiger partial charge is 0.252 e. The zero-order valence-electron chi connectivity index (χ0n) is 10.1. The van der Waals surface area contributed by atoms with Crippen molar-refractivity contribution in [3.05, 3.63) is 17.0 Å². The van der Waals surface area contributed by atoms with Crippen LogP contribution in [-0.4, -0.2) is 25.8 Å². The van der Waals surface area contributed by atoms with Gasteiger partial charge in [-0.1, -0.05) is 13.8 Å². The molecule has 0 aliphatic carbocycles. The van der Waals surface area contributed by atoms with Crippen molar-refractivity contribution in [3.63, 3.8) is 0 Å². The first-order valence-electron chi connectivity index (χ1n) is 5.59. The minimum absolute atomic E-state index is 0.465. The summed E-state index contributed by atoms with van der Waals surface area (Å²) in [5, 5.41) is 0. The SMILES string of the molecule is CCCN(CCC)S(=O)(=O)c1ccc(C)s1. The molecule has 0 saturated carbocycles. The summed E-state index contributed by atoms with van der Waals surface area (Å²) < 4.78 is 26.6. The third-order valence-electron chi connectivity index (χ3n) is 2.26. The highest BCUT2D eigenvalue weighted by Gasteiger charge is 2.24. The number of sulfonamides is 1. The van der Waals surface area contributed by atoms with Crippen molar-refractivity contribution in [1.29, 1.82) is 0 Å². The van der Waals surface area contributed by atoms with Gasteiger partial charge in [-0.2, -0.15) is 4.31 Å². The van der Waals surface area contributed by atoms with E-state index in [4.69, 9.17) is 0 Å². The molecule has 0 atom stereocenters. The maximum absolute atomic E-state index is 12.3. The summed E-state index contributed by atoms with van der Waals surface area (Å²) in [4.78, 5) is 1.03. The van der Waals surface area contributed by atoms with Crippen LogP contribution in [0.3, 0.4) is 0 Å². The highest BCUT2D eigenvalue weighted by molar-refractivity contribution is 7.91. The average Bonchev–Trinajstić information content (AvgIpc) is 2.65. The number of nitrogens with zero attached hydrogens (tertiary/aromatic N) is 1. The van der Waals surface area contributed by atoms with Gasteiger partial charge in [0.1, 0.15) is 4.21 Å². The van der Waals surface area contributed by atoms with Crippen LogP contribution in [0.5, 0.6) is 0 Å². The van der Waals surface area contributed by atoms with Gasteiger partial charge in [0.2, 0.25) is 0 Å². The van der Waals surface area contributed by atoms with E-state index in [0.717, 1.165) is 17.7 Å². The monoisotopic (exact) mass is 261 g/mol. The minimum atomic E-state index is -3.25. The molecule has 0 saturated heterocycles. The molecule has 0 fully saturated rings. The van der Waals surface area contributed by atoms with Crippen molar-refractivity contribution >= 4 is 21.4 Å². The van der Waals surface area contributed by atoms with Gasteiger partial charge < -0.3 is 0 Å². The standard InChI is InChI=1S/C11H19NO2S2/c1-4-8-12(9-5-2)16(13,14)11-7-6-10(3)15-11/h6-7H,4-5,8-9H2,1-3H3. The van der Waals surface area contributed by atoms with E-state index in [9.17, 15) is 8.42 Å². The lowest BCUT2D eigenvalue weighted by Crippen LogP contribution is -2.32. The predicted octanol–water partition coefficient (Wildman–Crippen LogP) is 2.87. The summed E-state index contributed by atoms with van der Waals surface area (Å²) in [5.41, 5.74) is 0. The molecule has 1 heterocycles. The Morgan fingerprint density at radius 1 is 1.19 bits per heavy atom. The van der Waals surface area contributed by atoms with Crippen molar-refractivity contribution in [2.45, 2.75) is 37.8 Å². The van der Waals surface area contributed by atoms with E-state index in [1.807, 2.05) is 26.8 Å². The zero-order valence-corrected chi connectivity index (χ0v) is 11.7. The van der Waals surface area contributed by atoms with Crippen LogP contribution >= 0.6 is 11.3 Å². The molecule has 0 N–H and O–H groups in total. The lowest BCUT2D eigenvalue weighted by Gasteiger charge is -2.19. The number of hydrogen-bond acceptors (Lipinski definition) is 3. The number of thiophene rings is 1. The van der Waals surface area contributed by atoms with Gasteiger partial charge in [-0.05, 0) is 31.9 Å². The van der Waals surface area contributed by atoms with E-state index in [2.05, 4.69) is 0 Å². The van der Waals surface area contributed by atoms with E-state index < -0.39 is 10.0 Å². The molecule has 5 heteroatoms. The quantitative estimate of drug-likeness (QED) is 0.789. The number of aryl methyl sites for hydroxylation is 1. The molecule has 0 aliphatic rings. The summed E-state index contributed by atoms with van der Waals surface area (Å²) in [6.45, 7) is 7.13. The molecule has 0 radical (unpaired) electrons. The fraction of sp³-hybridized carbons (Fsp3) is 0.636. The fourth-order valence-corrected chi connectivity index (χ4v) is 4.59. The van der Waals surface area contributed by atoms with Gasteiger partial charge in [0, 0.05) is 18.0 Å². The molecule has 0 bridgehead atoms.